The Morgan fingerprint density at radius 1 is 1.08 bits per heavy atom. The lowest BCUT2D eigenvalue weighted by atomic mass is 9.93. The third kappa shape index (κ3) is 3.29. The third-order valence-corrected chi connectivity index (χ3v) is 5.00. The van der Waals surface area contributed by atoms with E-state index in [1.165, 1.54) is 6.42 Å². The van der Waals surface area contributed by atoms with Crippen LogP contribution in [0.4, 0.5) is 5.69 Å². The molecule has 1 fully saturated rings. The number of rotatable bonds is 2. The molecule has 2 aromatic carbocycles. The van der Waals surface area contributed by atoms with Gasteiger partial charge in [0.1, 0.15) is 5.75 Å². The Morgan fingerprint density at radius 2 is 1.85 bits per heavy atom. The van der Waals surface area contributed by atoms with E-state index in [9.17, 15) is 4.79 Å². The number of anilines is 1. The fraction of sp³-hybridized carbons (Fsp3) is 0.333. The van der Waals surface area contributed by atoms with E-state index in [4.69, 9.17) is 14.7 Å². The van der Waals surface area contributed by atoms with Crippen LogP contribution in [0.15, 0.2) is 42.5 Å². The van der Waals surface area contributed by atoms with Crippen molar-refractivity contribution in [2.24, 2.45) is 0 Å². The Hall–Kier alpha value is -2.84. The summed E-state index contributed by atoms with van der Waals surface area (Å²) in [5.74, 6) is 0.170. The number of fused-ring (bicyclic) bond motifs is 1. The van der Waals surface area contributed by atoms with Gasteiger partial charge in [0.2, 0.25) is 5.79 Å². The number of carbonyl (C=O) groups excluding carboxylic acids is 1. The molecule has 0 unspecified atom stereocenters. The number of hydrogen-bond donors (Lipinski definition) is 1. The second-order valence-electron chi connectivity index (χ2n) is 6.83. The molecule has 1 saturated carbocycles. The second-order valence-corrected chi connectivity index (χ2v) is 6.83. The predicted molar refractivity (Wildman–Crippen MR) is 96.8 cm³/mol. The number of benzene rings is 2. The van der Waals surface area contributed by atoms with Crippen molar-refractivity contribution in [1.82, 2.24) is 0 Å². The summed E-state index contributed by atoms with van der Waals surface area (Å²) < 4.78 is 12.2. The van der Waals surface area contributed by atoms with Gasteiger partial charge in [-0.15, -0.1) is 0 Å². The van der Waals surface area contributed by atoms with E-state index in [0.717, 1.165) is 37.0 Å². The molecule has 5 nitrogen and oxygen atoms in total. The first kappa shape index (κ1) is 16.6. The van der Waals surface area contributed by atoms with Gasteiger partial charge in [-0.05, 0) is 55.3 Å². The van der Waals surface area contributed by atoms with Gasteiger partial charge in [0.05, 0.1) is 18.2 Å². The highest BCUT2D eigenvalue weighted by molar-refractivity contribution is 6.04. The van der Waals surface area contributed by atoms with Crippen molar-refractivity contribution >= 4 is 11.6 Å². The van der Waals surface area contributed by atoms with Crippen LogP contribution in [0.3, 0.4) is 0 Å². The molecule has 0 radical (unpaired) electrons. The molecule has 1 spiro atoms. The lowest BCUT2D eigenvalue weighted by molar-refractivity contribution is -0.222. The van der Waals surface area contributed by atoms with Gasteiger partial charge in [0, 0.05) is 29.7 Å². The van der Waals surface area contributed by atoms with Crippen LogP contribution in [0.25, 0.3) is 0 Å². The Morgan fingerprint density at radius 3 is 2.58 bits per heavy atom. The molecule has 1 aliphatic heterocycles. The molecule has 132 valence electrons. The molecule has 26 heavy (non-hydrogen) atoms. The highest BCUT2D eigenvalue weighted by atomic mass is 16.7. The van der Waals surface area contributed by atoms with Gasteiger partial charge in [-0.25, -0.2) is 0 Å². The topological polar surface area (TPSA) is 71.4 Å². The third-order valence-electron chi connectivity index (χ3n) is 5.00. The first-order chi connectivity index (χ1) is 12.7. The van der Waals surface area contributed by atoms with Crippen molar-refractivity contribution < 1.29 is 14.3 Å². The van der Waals surface area contributed by atoms with Crippen molar-refractivity contribution in [3.8, 4) is 11.8 Å². The van der Waals surface area contributed by atoms with Crippen LogP contribution >= 0.6 is 0 Å². The van der Waals surface area contributed by atoms with Crippen molar-refractivity contribution in [2.75, 3.05) is 5.32 Å². The molecule has 0 bridgehead atoms. The van der Waals surface area contributed by atoms with Crippen molar-refractivity contribution in [3.05, 3.63) is 59.2 Å². The van der Waals surface area contributed by atoms with E-state index in [2.05, 4.69) is 5.32 Å². The van der Waals surface area contributed by atoms with Gasteiger partial charge >= 0.3 is 0 Å². The van der Waals surface area contributed by atoms with E-state index >= 15 is 0 Å². The largest absolute Gasteiger partial charge is 0.462 e. The first-order valence-corrected chi connectivity index (χ1v) is 8.95. The van der Waals surface area contributed by atoms with Gasteiger partial charge in [-0.3, -0.25) is 4.79 Å². The number of amides is 1. The molecule has 5 heteroatoms. The zero-order valence-electron chi connectivity index (χ0n) is 14.5. The number of ether oxygens (including phenoxy) is 2. The van der Waals surface area contributed by atoms with Crippen LogP contribution < -0.4 is 10.1 Å². The van der Waals surface area contributed by atoms with E-state index in [1.807, 2.05) is 24.3 Å². The lowest BCUT2D eigenvalue weighted by Gasteiger charge is -2.41. The van der Waals surface area contributed by atoms with Gasteiger partial charge in [-0.1, -0.05) is 6.42 Å². The summed E-state index contributed by atoms with van der Waals surface area (Å²) in [6.07, 6.45) is 5.37. The first-order valence-electron chi connectivity index (χ1n) is 8.95. The summed E-state index contributed by atoms with van der Waals surface area (Å²) in [6.45, 7) is 0.496. The molecule has 2 aliphatic rings. The zero-order valence-corrected chi connectivity index (χ0v) is 14.5. The SMILES string of the molecule is N#Cc1ccc(C(=O)Nc2ccc3c(c2)COC2(CCCCC2)O3)cc1. The molecular formula is C21H20N2O3. The average Bonchev–Trinajstić information content (AvgIpc) is 2.69. The summed E-state index contributed by atoms with van der Waals surface area (Å²) in [5, 5.41) is 11.7. The van der Waals surface area contributed by atoms with Crippen molar-refractivity contribution in [2.45, 2.75) is 44.5 Å². The molecule has 0 aromatic heterocycles. The van der Waals surface area contributed by atoms with Crippen LogP contribution in [0.1, 0.15) is 53.6 Å². The number of nitriles is 1. The molecule has 2 aromatic rings. The number of nitrogens with zero attached hydrogens (tertiary/aromatic N) is 1. The highest BCUT2D eigenvalue weighted by Gasteiger charge is 2.38. The monoisotopic (exact) mass is 348 g/mol. The number of carbonyl (C=O) groups is 1. The summed E-state index contributed by atoms with van der Waals surface area (Å²) >= 11 is 0. The minimum atomic E-state index is -0.460. The maximum Gasteiger partial charge on any atom is 0.255 e. The van der Waals surface area contributed by atoms with E-state index < -0.39 is 5.79 Å². The van der Waals surface area contributed by atoms with Crippen LogP contribution in [0, 0.1) is 11.3 Å². The molecule has 1 heterocycles. The maximum absolute atomic E-state index is 12.4. The predicted octanol–water partition coefficient (Wildman–Crippen LogP) is 4.38. The van der Waals surface area contributed by atoms with Gasteiger partial charge in [0.25, 0.3) is 5.91 Å². The van der Waals surface area contributed by atoms with Crippen molar-refractivity contribution in [3.63, 3.8) is 0 Å². The highest BCUT2D eigenvalue weighted by Crippen LogP contribution is 2.40. The Kier molecular flexibility index (Phi) is 4.36. The van der Waals surface area contributed by atoms with Crippen LogP contribution in [-0.2, 0) is 11.3 Å². The minimum Gasteiger partial charge on any atom is -0.462 e. The summed E-state index contributed by atoms with van der Waals surface area (Å²) in [5.41, 5.74) is 2.68. The molecule has 1 amide bonds. The normalized spacial score (nSPS) is 17.7. The second kappa shape index (κ2) is 6.81. The van der Waals surface area contributed by atoms with Gasteiger partial charge in [0.15, 0.2) is 0 Å². The average molecular weight is 348 g/mol. The Balaban J connectivity index is 1.47. The lowest BCUT2D eigenvalue weighted by Crippen LogP contribution is -2.43. The summed E-state index contributed by atoms with van der Waals surface area (Å²) in [6, 6.07) is 14.2. The van der Waals surface area contributed by atoms with Crippen molar-refractivity contribution in [1.29, 1.82) is 5.26 Å². The Labute approximate surface area is 152 Å². The van der Waals surface area contributed by atoms with Crippen LogP contribution in [0.2, 0.25) is 0 Å². The molecule has 1 N–H and O–H groups in total. The molecule has 4 rings (SSSR count). The molecular weight excluding hydrogens is 328 g/mol. The van der Waals surface area contributed by atoms with Gasteiger partial charge in [-0.2, -0.15) is 5.26 Å². The van der Waals surface area contributed by atoms with Crippen LogP contribution in [0.5, 0.6) is 5.75 Å². The summed E-state index contributed by atoms with van der Waals surface area (Å²) in [7, 11) is 0. The Bertz CT molecular complexity index is 862. The number of nitrogens with one attached hydrogen (secondary N) is 1. The molecule has 0 atom stereocenters. The molecule has 0 saturated heterocycles. The zero-order chi connectivity index (χ0) is 18.0. The van der Waals surface area contributed by atoms with Gasteiger partial charge < -0.3 is 14.8 Å². The van der Waals surface area contributed by atoms with Crippen LogP contribution in [-0.4, -0.2) is 11.7 Å². The minimum absolute atomic E-state index is 0.212. The fourth-order valence-electron chi connectivity index (χ4n) is 3.54. The molecule has 1 aliphatic carbocycles. The smallest absolute Gasteiger partial charge is 0.255 e. The van der Waals surface area contributed by atoms with E-state index in [-0.39, 0.29) is 5.91 Å². The summed E-state index contributed by atoms with van der Waals surface area (Å²) in [4.78, 5) is 12.4. The fourth-order valence-corrected chi connectivity index (χ4v) is 3.54. The maximum atomic E-state index is 12.4. The quantitative estimate of drug-likeness (QED) is 0.874. The standard InChI is InChI=1S/C21H20N2O3/c22-13-15-4-6-16(7-5-15)20(24)23-18-8-9-19-17(12-18)14-25-21(26-19)10-2-1-3-11-21/h4-9,12H,1-3,10-11,14H2,(H,23,24). The van der Waals surface area contributed by atoms with E-state index in [0.29, 0.717) is 23.4 Å². The number of hydrogen-bond acceptors (Lipinski definition) is 4. The van der Waals surface area contributed by atoms with E-state index in [1.54, 1.807) is 24.3 Å².